The van der Waals surface area contributed by atoms with Gasteiger partial charge in [-0.15, -0.1) is 0 Å². The lowest BCUT2D eigenvalue weighted by Crippen LogP contribution is -2.37. The van der Waals surface area contributed by atoms with E-state index in [4.69, 9.17) is 0 Å². The van der Waals surface area contributed by atoms with Crippen LogP contribution in [0.4, 0.5) is 5.69 Å². The lowest BCUT2D eigenvalue weighted by atomic mass is 9.74. The fraction of sp³-hybridized carbons (Fsp3) is 0.250. The molecule has 1 atom stereocenters. The van der Waals surface area contributed by atoms with Crippen molar-refractivity contribution in [3.8, 4) is 0 Å². The first-order valence-corrected chi connectivity index (χ1v) is 10.3. The molecule has 0 saturated heterocycles. The number of anilines is 1. The Hall–Kier alpha value is -2.86. The average Bonchev–Trinajstić information content (AvgIpc) is 2.67. The number of nitrogens with one attached hydrogen (secondary N) is 1. The molecule has 2 aromatic carbocycles. The van der Waals surface area contributed by atoms with E-state index in [0.717, 1.165) is 10.2 Å². The number of Topliss-reactive ketones (excluding diaryl/α,β-unsaturated/α-hetero) is 4. The summed E-state index contributed by atoms with van der Waals surface area (Å²) in [6, 6.07) is 15.8. The molecule has 156 valence electrons. The number of rotatable bonds is 9. The summed E-state index contributed by atoms with van der Waals surface area (Å²) in [5.74, 6) is -4.19. The third-order valence-corrected chi connectivity index (χ3v) is 5.35. The molecule has 0 bridgehead atoms. The zero-order chi connectivity index (χ0) is 22.4. The van der Waals surface area contributed by atoms with Gasteiger partial charge in [-0.1, -0.05) is 46.3 Å². The van der Waals surface area contributed by atoms with Gasteiger partial charge in [0.1, 0.15) is 11.6 Å². The molecule has 1 N–H and O–H groups in total. The van der Waals surface area contributed by atoms with Crippen molar-refractivity contribution in [1.29, 1.82) is 0 Å². The van der Waals surface area contributed by atoms with E-state index >= 15 is 0 Å². The molecule has 0 spiro atoms. The molecule has 0 aliphatic carbocycles. The van der Waals surface area contributed by atoms with Crippen molar-refractivity contribution in [3.63, 3.8) is 0 Å². The molecule has 30 heavy (non-hydrogen) atoms. The minimum absolute atomic E-state index is 0.127. The Bertz CT molecular complexity index is 980. The number of para-hydroxylation sites is 1. The van der Waals surface area contributed by atoms with Gasteiger partial charge in [0.2, 0.25) is 0 Å². The molecule has 0 aliphatic heterocycles. The molecule has 2 rings (SSSR count). The Morgan fingerprint density at radius 3 is 1.77 bits per heavy atom. The van der Waals surface area contributed by atoms with Crippen LogP contribution in [0.5, 0.6) is 0 Å². The van der Waals surface area contributed by atoms with Gasteiger partial charge in [-0.25, -0.2) is 0 Å². The summed E-state index contributed by atoms with van der Waals surface area (Å²) < 4.78 is 0.787. The normalized spacial score (nSPS) is 12.7. The van der Waals surface area contributed by atoms with Crippen molar-refractivity contribution in [3.05, 3.63) is 75.9 Å². The van der Waals surface area contributed by atoms with Gasteiger partial charge in [-0.05, 0) is 52.0 Å². The van der Waals surface area contributed by atoms with Gasteiger partial charge >= 0.3 is 0 Å². The molecule has 0 aliphatic rings. The Morgan fingerprint density at radius 1 is 0.767 bits per heavy atom. The number of halogens is 1. The number of allylic oxidation sites excluding steroid dienone is 2. The maximum absolute atomic E-state index is 13.5. The summed E-state index contributed by atoms with van der Waals surface area (Å²) in [7, 11) is 0. The second-order valence-corrected chi connectivity index (χ2v) is 8.05. The molecule has 0 saturated carbocycles. The second-order valence-electron chi connectivity index (χ2n) is 7.13. The van der Waals surface area contributed by atoms with E-state index in [1.807, 2.05) is 30.3 Å². The minimum Gasteiger partial charge on any atom is -0.359 e. The van der Waals surface area contributed by atoms with Crippen molar-refractivity contribution in [1.82, 2.24) is 0 Å². The number of benzene rings is 2. The van der Waals surface area contributed by atoms with Gasteiger partial charge in [0, 0.05) is 27.0 Å². The standard InChI is InChI=1S/C24H24BrNO4/c1-14(26-20-8-6-5-7-9-20)21(15(2)27)23(22(16(3)28)17(4)29)24(30)18-10-12-19(25)13-11-18/h5-13,22-23,26H,1-4H3. The van der Waals surface area contributed by atoms with Gasteiger partial charge in [-0.3, -0.25) is 19.2 Å². The molecule has 2 aromatic rings. The van der Waals surface area contributed by atoms with Crippen LogP contribution in [0.1, 0.15) is 38.1 Å². The van der Waals surface area contributed by atoms with E-state index in [9.17, 15) is 19.2 Å². The molecule has 0 radical (unpaired) electrons. The van der Waals surface area contributed by atoms with Crippen LogP contribution in [-0.4, -0.2) is 23.1 Å². The smallest absolute Gasteiger partial charge is 0.171 e. The van der Waals surface area contributed by atoms with Crippen LogP contribution in [0.3, 0.4) is 0 Å². The molecular weight excluding hydrogens is 446 g/mol. The number of hydrogen-bond donors (Lipinski definition) is 1. The Kier molecular flexibility index (Phi) is 8.00. The molecule has 5 nitrogen and oxygen atoms in total. The highest BCUT2D eigenvalue weighted by molar-refractivity contribution is 9.10. The summed E-state index contributed by atoms with van der Waals surface area (Å²) in [6.07, 6.45) is 0. The zero-order valence-corrected chi connectivity index (χ0v) is 18.9. The number of hydrogen-bond acceptors (Lipinski definition) is 5. The third kappa shape index (κ3) is 5.60. The Labute approximate surface area is 184 Å². The molecule has 0 aromatic heterocycles. The highest BCUT2D eigenvalue weighted by atomic mass is 79.9. The van der Waals surface area contributed by atoms with E-state index < -0.39 is 29.2 Å². The Morgan fingerprint density at radius 2 is 1.30 bits per heavy atom. The zero-order valence-electron chi connectivity index (χ0n) is 17.4. The molecule has 6 heteroatoms. The van der Waals surface area contributed by atoms with E-state index in [1.54, 1.807) is 31.2 Å². The van der Waals surface area contributed by atoms with Crippen LogP contribution >= 0.6 is 15.9 Å². The van der Waals surface area contributed by atoms with Gasteiger partial charge in [0.25, 0.3) is 0 Å². The quantitative estimate of drug-likeness (QED) is 0.316. The first-order chi connectivity index (χ1) is 14.1. The summed E-state index contributed by atoms with van der Waals surface area (Å²) in [5, 5.41) is 3.13. The summed E-state index contributed by atoms with van der Waals surface area (Å²) >= 11 is 3.33. The molecular formula is C24H24BrNO4. The van der Waals surface area contributed by atoms with E-state index in [0.29, 0.717) is 11.3 Å². The van der Waals surface area contributed by atoms with Crippen molar-refractivity contribution in [2.24, 2.45) is 11.8 Å². The van der Waals surface area contributed by atoms with E-state index in [1.165, 1.54) is 20.8 Å². The average molecular weight is 470 g/mol. The summed E-state index contributed by atoms with van der Waals surface area (Å²) in [4.78, 5) is 50.9. The van der Waals surface area contributed by atoms with Crippen LogP contribution in [0, 0.1) is 11.8 Å². The number of ketones is 4. The minimum atomic E-state index is -1.24. The largest absolute Gasteiger partial charge is 0.359 e. The first-order valence-electron chi connectivity index (χ1n) is 9.48. The van der Waals surface area contributed by atoms with Crippen LogP contribution in [0.25, 0.3) is 0 Å². The SMILES string of the molecule is CC(=O)C(=C(C)Nc1ccccc1)C(C(=O)c1ccc(Br)cc1)C(C(C)=O)C(C)=O. The maximum atomic E-state index is 13.5. The van der Waals surface area contributed by atoms with Crippen molar-refractivity contribution in [2.45, 2.75) is 27.7 Å². The van der Waals surface area contributed by atoms with Crippen LogP contribution in [0.2, 0.25) is 0 Å². The third-order valence-electron chi connectivity index (χ3n) is 4.82. The molecule has 1 unspecified atom stereocenters. The van der Waals surface area contributed by atoms with Gasteiger partial charge in [-0.2, -0.15) is 0 Å². The second kappa shape index (κ2) is 10.3. The summed E-state index contributed by atoms with van der Waals surface area (Å²) in [5.41, 5.74) is 1.60. The van der Waals surface area contributed by atoms with Gasteiger partial charge < -0.3 is 5.32 Å². The van der Waals surface area contributed by atoms with Crippen molar-refractivity contribution >= 4 is 44.8 Å². The van der Waals surface area contributed by atoms with Crippen molar-refractivity contribution in [2.75, 3.05) is 5.32 Å². The molecule has 0 fully saturated rings. The fourth-order valence-corrected chi connectivity index (χ4v) is 3.78. The maximum Gasteiger partial charge on any atom is 0.171 e. The fourth-order valence-electron chi connectivity index (χ4n) is 3.52. The molecule has 0 heterocycles. The van der Waals surface area contributed by atoms with Gasteiger partial charge in [0.05, 0.1) is 11.8 Å². The van der Waals surface area contributed by atoms with Gasteiger partial charge in [0.15, 0.2) is 11.6 Å². The topological polar surface area (TPSA) is 80.3 Å². The first kappa shape index (κ1) is 23.4. The Balaban J connectivity index is 2.67. The summed E-state index contributed by atoms with van der Waals surface area (Å²) in [6.45, 7) is 5.55. The lowest BCUT2D eigenvalue weighted by molar-refractivity contribution is -0.131. The predicted octanol–water partition coefficient (Wildman–Crippen LogP) is 5.02. The van der Waals surface area contributed by atoms with Crippen LogP contribution in [0.15, 0.2) is 70.3 Å². The lowest BCUT2D eigenvalue weighted by Gasteiger charge is -2.26. The highest BCUT2D eigenvalue weighted by Gasteiger charge is 2.40. The molecule has 0 amide bonds. The monoisotopic (exact) mass is 469 g/mol. The van der Waals surface area contributed by atoms with E-state index in [-0.39, 0.29) is 11.4 Å². The predicted molar refractivity (Wildman–Crippen MR) is 120 cm³/mol. The van der Waals surface area contributed by atoms with Crippen molar-refractivity contribution < 1.29 is 19.2 Å². The van der Waals surface area contributed by atoms with E-state index in [2.05, 4.69) is 21.2 Å². The number of carbonyl (C=O) groups excluding carboxylic acids is 4. The number of carbonyl (C=O) groups is 4. The van der Waals surface area contributed by atoms with Crippen LogP contribution < -0.4 is 5.32 Å². The van der Waals surface area contributed by atoms with Crippen LogP contribution in [-0.2, 0) is 14.4 Å². The highest BCUT2D eigenvalue weighted by Crippen LogP contribution is 2.31.